The Labute approximate surface area is 91.9 Å². The third-order valence-corrected chi connectivity index (χ3v) is 2.70. The van der Waals surface area contributed by atoms with Gasteiger partial charge in [0.15, 0.2) is 5.78 Å². The van der Waals surface area contributed by atoms with Gasteiger partial charge in [-0.15, -0.1) is 11.6 Å². The van der Waals surface area contributed by atoms with E-state index in [9.17, 15) is 9.59 Å². The van der Waals surface area contributed by atoms with Crippen molar-refractivity contribution in [3.63, 3.8) is 0 Å². The molecule has 80 valence electrons. The molecule has 4 nitrogen and oxygen atoms in total. The third kappa shape index (κ3) is 1.90. The van der Waals surface area contributed by atoms with Gasteiger partial charge in [-0.2, -0.15) is 0 Å². The summed E-state index contributed by atoms with van der Waals surface area (Å²) in [6.45, 7) is 0.367. The summed E-state index contributed by atoms with van der Waals surface area (Å²) in [5.74, 6) is -0.761. The van der Waals surface area contributed by atoms with Crippen LogP contribution in [0.15, 0.2) is 24.0 Å². The van der Waals surface area contributed by atoms with E-state index in [4.69, 9.17) is 16.3 Å². The predicted octanol–water partition coefficient (Wildman–Crippen LogP) is 0.379. The monoisotopic (exact) mass is 227 g/mol. The van der Waals surface area contributed by atoms with Gasteiger partial charge in [-0.3, -0.25) is 9.59 Å². The molecule has 1 aliphatic heterocycles. The first-order valence-corrected chi connectivity index (χ1v) is 5.14. The summed E-state index contributed by atoms with van der Waals surface area (Å²) in [5, 5.41) is 2.54. The van der Waals surface area contributed by atoms with Gasteiger partial charge in [0.2, 0.25) is 5.91 Å². The lowest BCUT2D eigenvalue weighted by molar-refractivity contribution is -0.127. The van der Waals surface area contributed by atoms with Crippen LogP contribution < -0.4 is 5.32 Å². The molecule has 5 heteroatoms. The van der Waals surface area contributed by atoms with E-state index in [2.05, 4.69) is 5.32 Å². The fraction of sp³-hybridized carbons (Fsp3) is 0.400. The number of fused-ring (bicyclic) bond motifs is 1. The van der Waals surface area contributed by atoms with Crippen molar-refractivity contribution in [3.8, 4) is 0 Å². The minimum absolute atomic E-state index is 0.0419. The Kier molecular flexibility index (Phi) is 2.77. The van der Waals surface area contributed by atoms with Crippen molar-refractivity contribution in [3.05, 3.63) is 24.0 Å². The number of halogens is 1. The number of Topliss-reactive ketones (excluding diaryl/α,β-unsaturated/α-hetero) is 1. The molecule has 0 fully saturated rings. The number of allylic oxidation sites excluding steroid dienone is 1. The standard InChI is InChI=1S/C10H10ClNO3/c11-3-9(13)12-8-2-1-6-4-15-5-7(6)10(8)14/h1-2,4,7-8H,3,5H2,(H,12,13). The van der Waals surface area contributed by atoms with Crippen LogP contribution in [0.25, 0.3) is 0 Å². The van der Waals surface area contributed by atoms with Crippen LogP contribution in [-0.4, -0.2) is 30.2 Å². The van der Waals surface area contributed by atoms with Crippen LogP contribution in [0.5, 0.6) is 0 Å². The number of nitrogens with one attached hydrogen (secondary N) is 1. The Morgan fingerprint density at radius 3 is 3.20 bits per heavy atom. The van der Waals surface area contributed by atoms with Gasteiger partial charge in [0, 0.05) is 5.57 Å². The highest BCUT2D eigenvalue weighted by Crippen LogP contribution is 2.26. The molecule has 0 radical (unpaired) electrons. The molecule has 0 saturated heterocycles. The van der Waals surface area contributed by atoms with Crippen LogP contribution in [0.3, 0.4) is 0 Å². The summed E-state index contributed by atoms with van der Waals surface area (Å²) in [6, 6.07) is -0.569. The largest absolute Gasteiger partial charge is 0.500 e. The van der Waals surface area contributed by atoms with E-state index in [0.29, 0.717) is 6.61 Å². The molecule has 15 heavy (non-hydrogen) atoms. The summed E-state index contributed by atoms with van der Waals surface area (Å²) in [7, 11) is 0. The van der Waals surface area contributed by atoms with Crippen molar-refractivity contribution in [1.82, 2.24) is 5.32 Å². The smallest absolute Gasteiger partial charge is 0.235 e. The van der Waals surface area contributed by atoms with Gasteiger partial charge >= 0.3 is 0 Å². The second-order valence-corrected chi connectivity index (χ2v) is 3.71. The number of hydrogen-bond donors (Lipinski definition) is 1. The normalized spacial score (nSPS) is 28.1. The molecule has 0 bridgehead atoms. The summed E-state index contributed by atoms with van der Waals surface area (Å²) >= 11 is 5.35. The molecule has 0 aromatic carbocycles. The number of carbonyl (C=O) groups excluding carboxylic acids is 2. The molecule has 1 heterocycles. The third-order valence-electron chi connectivity index (χ3n) is 2.45. The SMILES string of the molecule is O=C(CCl)NC1C=CC2=COCC2C1=O. The molecular formula is C10H10ClNO3. The lowest BCUT2D eigenvalue weighted by Gasteiger charge is -2.21. The summed E-state index contributed by atoms with van der Waals surface area (Å²) < 4.78 is 5.07. The molecule has 1 N–H and O–H groups in total. The summed E-state index contributed by atoms with van der Waals surface area (Å²) in [4.78, 5) is 22.9. The molecular weight excluding hydrogens is 218 g/mol. The van der Waals surface area contributed by atoms with Crippen LogP contribution in [0.2, 0.25) is 0 Å². The van der Waals surface area contributed by atoms with E-state index in [0.717, 1.165) is 5.57 Å². The minimum atomic E-state index is -0.569. The Morgan fingerprint density at radius 1 is 1.67 bits per heavy atom. The van der Waals surface area contributed by atoms with E-state index in [1.807, 2.05) is 0 Å². The van der Waals surface area contributed by atoms with E-state index in [1.54, 1.807) is 18.4 Å². The quantitative estimate of drug-likeness (QED) is 0.694. The summed E-state index contributed by atoms with van der Waals surface area (Å²) in [5.41, 5.74) is 0.872. The van der Waals surface area contributed by atoms with E-state index in [-0.39, 0.29) is 23.5 Å². The van der Waals surface area contributed by atoms with Crippen LogP contribution in [0, 0.1) is 5.92 Å². The van der Waals surface area contributed by atoms with Gasteiger partial charge in [0.25, 0.3) is 0 Å². The van der Waals surface area contributed by atoms with Gasteiger partial charge < -0.3 is 10.1 Å². The molecule has 2 rings (SSSR count). The molecule has 2 aliphatic rings. The highest BCUT2D eigenvalue weighted by atomic mass is 35.5. The van der Waals surface area contributed by atoms with Crippen LogP contribution in [-0.2, 0) is 14.3 Å². The molecule has 0 spiro atoms. The van der Waals surface area contributed by atoms with E-state index in [1.165, 1.54) is 0 Å². The Bertz CT molecular complexity index is 362. The van der Waals surface area contributed by atoms with Crippen molar-refractivity contribution < 1.29 is 14.3 Å². The minimum Gasteiger partial charge on any atom is -0.500 e. The van der Waals surface area contributed by atoms with E-state index >= 15 is 0 Å². The molecule has 1 aliphatic carbocycles. The maximum Gasteiger partial charge on any atom is 0.235 e. The maximum absolute atomic E-state index is 11.8. The second kappa shape index (κ2) is 4.06. The van der Waals surface area contributed by atoms with Crippen LogP contribution in [0.1, 0.15) is 0 Å². The Morgan fingerprint density at radius 2 is 2.47 bits per heavy atom. The van der Waals surface area contributed by atoms with Gasteiger partial charge in [-0.05, 0) is 0 Å². The van der Waals surface area contributed by atoms with Crippen molar-refractivity contribution >= 4 is 23.3 Å². The van der Waals surface area contributed by atoms with Crippen molar-refractivity contribution in [1.29, 1.82) is 0 Å². The number of ether oxygens (including phenoxy) is 1. The fourth-order valence-electron chi connectivity index (χ4n) is 1.67. The lowest BCUT2D eigenvalue weighted by atomic mass is 9.87. The highest BCUT2D eigenvalue weighted by molar-refractivity contribution is 6.27. The maximum atomic E-state index is 11.8. The number of hydrogen-bond acceptors (Lipinski definition) is 3. The van der Waals surface area contributed by atoms with Gasteiger partial charge in [0.05, 0.1) is 12.2 Å². The summed E-state index contributed by atoms with van der Waals surface area (Å²) in [6.07, 6.45) is 5.04. The molecule has 2 unspecified atom stereocenters. The number of carbonyl (C=O) groups is 2. The fourth-order valence-corrected chi connectivity index (χ4v) is 1.75. The zero-order chi connectivity index (χ0) is 10.8. The van der Waals surface area contributed by atoms with E-state index < -0.39 is 6.04 Å². The Balaban J connectivity index is 2.10. The molecule has 2 atom stereocenters. The average Bonchev–Trinajstić information content (AvgIpc) is 2.70. The zero-order valence-corrected chi connectivity index (χ0v) is 8.66. The highest BCUT2D eigenvalue weighted by Gasteiger charge is 2.34. The first-order chi connectivity index (χ1) is 7.22. The number of amides is 1. The number of rotatable bonds is 2. The molecule has 0 aromatic heterocycles. The second-order valence-electron chi connectivity index (χ2n) is 3.44. The van der Waals surface area contributed by atoms with Gasteiger partial charge in [-0.25, -0.2) is 0 Å². The predicted molar refractivity (Wildman–Crippen MR) is 54.3 cm³/mol. The van der Waals surface area contributed by atoms with Crippen molar-refractivity contribution in [2.75, 3.05) is 12.5 Å². The number of ketones is 1. The van der Waals surface area contributed by atoms with Gasteiger partial charge in [-0.1, -0.05) is 12.2 Å². The Hall–Kier alpha value is -1.29. The average molecular weight is 228 g/mol. The topological polar surface area (TPSA) is 55.4 Å². The first-order valence-electron chi connectivity index (χ1n) is 4.61. The van der Waals surface area contributed by atoms with Crippen LogP contribution >= 0.6 is 11.6 Å². The van der Waals surface area contributed by atoms with Gasteiger partial charge in [0.1, 0.15) is 18.5 Å². The zero-order valence-electron chi connectivity index (χ0n) is 7.90. The molecule has 0 aromatic rings. The van der Waals surface area contributed by atoms with Crippen molar-refractivity contribution in [2.45, 2.75) is 6.04 Å². The molecule has 1 amide bonds. The first kappa shape index (κ1) is 10.2. The lowest BCUT2D eigenvalue weighted by Crippen LogP contribution is -2.45. The van der Waals surface area contributed by atoms with Crippen molar-refractivity contribution in [2.24, 2.45) is 5.92 Å². The number of alkyl halides is 1. The molecule has 0 saturated carbocycles. The van der Waals surface area contributed by atoms with Crippen LogP contribution in [0.4, 0.5) is 0 Å².